The molecule has 142 valence electrons. The molecule has 0 aliphatic heterocycles. The molecular weight excluding hydrogens is 359 g/mol. The molecule has 4 N–H and O–H groups in total. The average molecular weight is 377 g/mol. The Labute approximate surface area is 153 Å². The molecule has 0 fully saturated rings. The molecule has 5 nitrogen and oxygen atoms in total. The average Bonchev–Trinajstić information content (AvgIpc) is 2.97. The van der Waals surface area contributed by atoms with E-state index in [0.29, 0.717) is 12.1 Å². The van der Waals surface area contributed by atoms with E-state index in [1.54, 1.807) is 6.20 Å². The molecule has 27 heavy (non-hydrogen) atoms. The fourth-order valence-corrected chi connectivity index (χ4v) is 2.75. The number of aromatic nitrogens is 1. The van der Waals surface area contributed by atoms with E-state index in [0.717, 1.165) is 28.6 Å². The number of nitrogens with two attached hydrogens (primary N) is 1. The molecule has 0 saturated carbocycles. The maximum absolute atomic E-state index is 12.7. The Kier molecular flexibility index (Phi) is 4.98. The van der Waals surface area contributed by atoms with Crippen LogP contribution in [0, 0.1) is 0 Å². The first kappa shape index (κ1) is 18.6. The molecule has 8 heteroatoms. The lowest BCUT2D eigenvalue weighted by Crippen LogP contribution is -2.08. The number of benzene rings is 2. The van der Waals surface area contributed by atoms with Crippen molar-refractivity contribution in [1.29, 1.82) is 0 Å². The highest BCUT2D eigenvalue weighted by Crippen LogP contribution is 2.33. The van der Waals surface area contributed by atoms with Gasteiger partial charge in [-0.3, -0.25) is 4.79 Å². The van der Waals surface area contributed by atoms with E-state index in [-0.39, 0.29) is 24.0 Å². The highest BCUT2D eigenvalue weighted by Gasteiger charge is 2.30. The minimum absolute atomic E-state index is 0.0566. The Morgan fingerprint density at radius 2 is 2.00 bits per heavy atom. The predicted molar refractivity (Wildman–Crippen MR) is 97.7 cm³/mol. The second kappa shape index (κ2) is 7.22. The first-order valence-electron chi connectivity index (χ1n) is 8.21. The van der Waals surface area contributed by atoms with Gasteiger partial charge in [-0.25, -0.2) is 0 Å². The van der Waals surface area contributed by atoms with Crippen molar-refractivity contribution in [1.82, 2.24) is 4.98 Å². The quantitative estimate of drug-likeness (QED) is 0.579. The molecule has 1 amide bonds. The van der Waals surface area contributed by atoms with Crippen LogP contribution in [0.1, 0.15) is 18.1 Å². The van der Waals surface area contributed by atoms with Crippen LogP contribution in [-0.4, -0.2) is 17.5 Å². The third-order valence-electron chi connectivity index (χ3n) is 4.04. The number of nitrogens with one attached hydrogen (secondary N) is 2. The molecule has 0 spiro atoms. The lowest BCUT2D eigenvalue weighted by molar-refractivity contribution is -0.137. The Balaban J connectivity index is 1.67. The van der Waals surface area contributed by atoms with Crippen LogP contribution < -0.4 is 15.8 Å². The zero-order valence-corrected chi connectivity index (χ0v) is 14.5. The summed E-state index contributed by atoms with van der Waals surface area (Å²) in [6.45, 7) is 1.69. The van der Waals surface area contributed by atoms with Crippen LogP contribution in [-0.2, 0) is 17.4 Å². The van der Waals surface area contributed by atoms with Crippen LogP contribution in [0.4, 0.5) is 24.5 Å². The number of hydrogen-bond donors (Lipinski definition) is 3. The van der Waals surface area contributed by atoms with Crippen LogP contribution in [0.2, 0.25) is 0 Å². The van der Waals surface area contributed by atoms with Crippen molar-refractivity contribution in [2.75, 3.05) is 17.7 Å². The first-order chi connectivity index (χ1) is 12.7. The normalized spacial score (nSPS) is 11.6. The maximum atomic E-state index is 12.7. The molecule has 1 aromatic heterocycles. The topological polar surface area (TPSA) is 80.1 Å². The number of nitrogen functional groups attached to an aromatic ring is 1. The standard InChI is InChI=1S/C19H18F3N3O2/c1-11(26)25-17-10-24-16-4-2-12(8-14(16)17)6-7-27-18-5-3-13(9-15(18)23)19(20,21)22/h2-5,8-10,24H,6-7,23H2,1H3,(H,25,26). The zero-order valence-electron chi connectivity index (χ0n) is 14.5. The van der Waals surface area contributed by atoms with E-state index < -0.39 is 11.7 Å². The van der Waals surface area contributed by atoms with Gasteiger partial charge in [-0.2, -0.15) is 13.2 Å². The van der Waals surface area contributed by atoms with Crippen molar-refractivity contribution in [3.63, 3.8) is 0 Å². The van der Waals surface area contributed by atoms with Crippen molar-refractivity contribution >= 4 is 28.2 Å². The van der Waals surface area contributed by atoms with Gasteiger partial charge in [0, 0.05) is 30.4 Å². The molecule has 0 radical (unpaired) electrons. The summed E-state index contributed by atoms with van der Waals surface area (Å²) in [4.78, 5) is 14.3. The maximum Gasteiger partial charge on any atom is 0.416 e. The number of alkyl halides is 3. The molecule has 2 aromatic carbocycles. The lowest BCUT2D eigenvalue weighted by atomic mass is 10.1. The molecule has 0 aliphatic carbocycles. The van der Waals surface area contributed by atoms with E-state index in [1.165, 1.54) is 13.0 Å². The largest absolute Gasteiger partial charge is 0.491 e. The summed E-state index contributed by atoms with van der Waals surface area (Å²) in [6, 6.07) is 8.76. The fraction of sp³-hybridized carbons (Fsp3) is 0.211. The predicted octanol–water partition coefficient (Wildman–Crippen LogP) is 4.35. The molecule has 0 unspecified atom stereocenters. The number of carbonyl (C=O) groups is 1. The fourth-order valence-electron chi connectivity index (χ4n) is 2.75. The second-order valence-corrected chi connectivity index (χ2v) is 6.11. The van der Waals surface area contributed by atoms with Crippen LogP contribution in [0.5, 0.6) is 5.75 Å². The van der Waals surface area contributed by atoms with Crippen molar-refractivity contribution in [2.45, 2.75) is 19.5 Å². The second-order valence-electron chi connectivity index (χ2n) is 6.11. The monoisotopic (exact) mass is 377 g/mol. The van der Waals surface area contributed by atoms with Crippen molar-refractivity contribution < 1.29 is 22.7 Å². The summed E-state index contributed by atoms with van der Waals surface area (Å²) in [5, 5.41) is 3.62. The molecule has 1 heterocycles. The van der Waals surface area contributed by atoms with Gasteiger partial charge in [-0.05, 0) is 35.9 Å². The highest BCUT2D eigenvalue weighted by molar-refractivity contribution is 6.01. The van der Waals surface area contributed by atoms with Crippen LogP contribution >= 0.6 is 0 Å². The van der Waals surface area contributed by atoms with E-state index in [1.807, 2.05) is 18.2 Å². The van der Waals surface area contributed by atoms with Gasteiger partial charge in [0.2, 0.25) is 5.91 Å². The number of anilines is 2. The zero-order chi connectivity index (χ0) is 19.6. The summed E-state index contributed by atoms with van der Waals surface area (Å²) in [6.07, 6.45) is -2.19. The summed E-state index contributed by atoms with van der Waals surface area (Å²) < 4.78 is 43.5. The summed E-state index contributed by atoms with van der Waals surface area (Å²) in [5.41, 5.74) is 7.32. The van der Waals surface area contributed by atoms with Crippen molar-refractivity contribution in [2.24, 2.45) is 0 Å². The van der Waals surface area contributed by atoms with Gasteiger partial charge in [-0.1, -0.05) is 6.07 Å². The van der Waals surface area contributed by atoms with Crippen molar-refractivity contribution in [3.05, 3.63) is 53.7 Å². The summed E-state index contributed by atoms with van der Waals surface area (Å²) in [7, 11) is 0. The van der Waals surface area contributed by atoms with E-state index in [9.17, 15) is 18.0 Å². The van der Waals surface area contributed by atoms with Crippen LogP contribution in [0.3, 0.4) is 0 Å². The Bertz CT molecular complexity index is 980. The van der Waals surface area contributed by atoms with Crippen molar-refractivity contribution in [3.8, 4) is 5.75 Å². The molecule has 3 aromatic rings. The number of H-pyrrole nitrogens is 1. The lowest BCUT2D eigenvalue weighted by Gasteiger charge is -2.12. The number of aromatic amines is 1. The highest BCUT2D eigenvalue weighted by atomic mass is 19.4. The first-order valence-corrected chi connectivity index (χ1v) is 8.21. The number of fused-ring (bicyclic) bond motifs is 1. The Morgan fingerprint density at radius 3 is 2.67 bits per heavy atom. The minimum atomic E-state index is -4.44. The summed E-state index contributed by atoms with van der Waals surface area (Å²) >= 11 is 0. The number of hydrogen-bond acceptors (Lipinski definition) is 3. The number of amides is 1. The third-order valence-corrected chi connectivity index (χ3v) is 4.04. The number of carbonyl (C=O) groups excluding carboxylic acids is 1. The van der Waals surface area contributed by atoms with Gasteiger partial charge < -0.3 is 20.8 Å². The van der Waals surface area contributed by atoms with Gasteiger partial charge in [-0.15, -0.1) is 0 Å². The number of halogens is 3. The van der Waals surface area contributed by atoms with Crippen LogP contribution in [0.25, 0.3) is 10.9 Å². The molecule has 0 saturated heterocycles. The number of rotatable bonds is 5. The minimum Gasteiger partial charge on any atom is -0.491 e. The van der Waals surface area contributed by atoms with Gasteiger partial charge in [0.15, 0.2) is 0 Å². The molecular formula is C19H18F3N3O2. The van der Waals surface area contributed by atoms with Gasteiger partial charge >= 0.3 is 6.18 Å². The SMILES string of the molecule is CC(=O)Nc1c[nH]c2ccc(CCOc3ccc(C(F)(F)F)cc3N)cc12. The third kappa shape index (κ3) is 4.33. The van der Waals surface area contributed by atoms with Gasteiger partial charge in [0.05, 0.1) is 23.5 Å². The van der Waals surface area contributed by atoms with E-state index >= 15 is 0 Å². The van der Waals surface area contributed by atoms with Gasteiger partial charge in [0.1, 0.15) is 5.75 Å². The smallest absolute Gasteiger partial charge is 0.416 e. The molecule has 3 rings (SSSR count). The molecule has 0 atom stereocenters. The van der Waals surface area contributed by atoms with E-state index in [4.69, 9.17) is 10.5 Å². The summed E-state index contributed by atoms with van der Waals surface area (Å²) in [5.74, 6) is 0.0482. The van der Waals surface area contributed by atoms with E-state index in [2.05, 4.69) is 10.3 Å². The number of ether oxygens (including phenoxy) is 1. The van der Waals surface area contributed by atoms with Crippen LogP contribution in [0.15, 0.2) is 42.6 Å². The Morgan fingerprint density at radius 1 is 1.22 bits per heavy atom. The van der Waals surface area contributed by atoms with Gasteiger partial charge in [0.25, 0.3) is 0 Å². The molecule has 0 bridgehead atoms. The Hall–Kier alpha value is -3.16. The molecule has 0 aliphatic rings.